The molecule has 0 fully saturated rings. The van der Waals surface area contributed by atoms with Crippen LogP contribution in [0.15, 0.2) is 24.3 Å². The Labute approximate surface area is 164 Å². The molecule has 9 nitrogen and oxygen atoms in total. The van der Waals surface area contributed by atoms with E-state index < -0.39 is 22.9 Å². The predicted octanol–water partition coefficient (Wildman–Crippen LogP) is 3.42. The lowest BCUT2D eigenvalue weighted by Gasteiger charge is -2.14. The van der Waals surface area contributed by atoms with Gasteiger partial charge in [-0.3, -0.25) is 19.7 Å². The van der Waals surface area contributed by atoms with Crippen LogP contribution in [0.5, 0.6) is 0 Å². The Morgan fingerprint density at radius 1 is 1.18 bits per heavy atom. The lowest BCUT2D eigenvalue weighted by atomic mass is 10.1. The molecule has 28 heavy (non-hydrogen) atoms. The van der Waals surface area contributed by atoms with E-state index in [9.17, 15) is 24.5 Å². The van der Waals surface area contributed by atoms with Gasteiger partial charge in [0.05, 0.1) is 10.5 Å². The molecule has 1 heterocycles. The molecule has 0 aliphatic rings. The van der Waals surface area contributed by atoms with Crippen LogP contribution in [-0.2, 0) is 14.3 Å². The highest BCUT2D eigenvalue weighted by molar-refractivity contribution is 7.16. The van der Waals surface area contributed by atoms with Gasteiger partial charge in [0, 0.05) is 17.9 Å². The third-order valence-electron chi connectivity index (χ3n) is 3.89. The van der Waals surface area contributed by atoms with Crippen molar-refractivity contribution in [3.63, 3.8) is 0 Å². The maximum Gasteiger partial charge on any atom is 0.342 e. The quantitative estimate of drug-likeness (QED) is 0.431. The van der Waals surface area contributed by atoms with Crippen LogP contribution in [0.2, 0.25) is 0 Å². The second-order valence-corrected chi connectivity index (χ2v) is 7.20. The summed E-state index contributed by atoms with van der Waals surface area (Å²) >= 11 is 1.23. The smallest absolute Gasteiger partial charge is 0.342 e. The van der Waals surface area contributed by atoms with Gasteiger partial charge in [0.1, 0.15) is 10.7 Å². The number of aryl methyl sites for hydroxylation is 1. The number of nitrogens with zero attached hydrogens (tertiary/aromatic N) is 1. The molecular weight excluding hydrogens is 386 g/mol. The highest BCUT2D eigenvalue weighted by Crippen LogP contribution is 2.33. The maximum atomic E-state index is 12.6. The molecule has 0 saturated heterocycles. The minimum absolute atomic E-state index is 0.00175. The lowest BCUT2D eigenvalue weighted by molar-refractivity contribution is -0.383. The molecule has 2 amide bonds. The number of carbonyl (C=O) groups excluding carboxylic acids is 3. The third kappa shape index (κ3) is 4.71. The van der Waals surface area contributed by atoms with E-state index in [1.54, 1.807) is 13.8 Å². The number of ether oxygens (including phenoxy) is 1. The number of thiophene rings is 1. The molecule has 2 aromatic rings. The zero-order valence-electron chi connectivity index (χ0n) is 15.7. The fourth-order valence-electron chi connectivity index (χ4n) is 2.37. The third-order valence-corrected chi connectivity index (χ3v) is 5.01. The van der Waals surface area contributed by atoms with Gasteiger partial charge in [0.2, 0.25) is 5.91 Å². The highest BCUT2D eigenvalue weighted by Gasteiger charge is 2.26. The summed E-state index contributed by atoms with van der Waals surface area (Å²) in [5.74, 6) is -1.82. The Hall–Kier alpha value is -3.27. The number of amides is 2. The van der Waals surface area contributed by atoms with Crippen molar-refractivity contribution in [2.45, 2.75) is 33.8 Å². The Morgan fingerprint density at radius 3 is 2.43 bits per heavy atom. The summed E-state index contributed by atoms with van der Waals surface area (Å²) < 4.78 is 5.22. The minimum Gasteiger partial charge on any atom is -0.449 e. The van der Waals surface area contributed by atoms with Gasteiger partial charge in [-0.2, -0.15) is 0 Å². The standard InChI is InChI=1S/C18H19N3O6S/c1-9-11(3)28-17(19-12(4)22)15(9)18(24)27-10(2)16(23)20-13-7-5-6-8-14(13)21(25)26/h5-8,10H,1-4H3,(H,19,22)(H,20,23)/t10-/m1/s1. The van der Waals surface area contributed by atoms with Gasteiger partial charge < -0.3 is 15.4 Å². The van der Waals surface area contributed by atoms with Crippen LogP contribution in [0, 0.1) is 24.0 Å². The van der Waals surface area contributed by atoms with E-state index in [-0.39, 0.29) is 22.8 Å². The number of hydrogen-bond acceptors (Lipinski definition) is 7. The number of para-hydroxylation sites is 2. The van der Waals surface area contributed by atoms with E-state index in [1.165, 1.54) is 49.4 Å². The molecule has 10 heteroatoms. The van der Waals surface area contributed by atoms with Gasteiger partial charge in [0.15, 0.2) is 6.10 Å². The van der Waals surface area contributed by atoms with Gasteiger partial charge in [-0.25, -0.2) is 4.79 Å². The second kappa shape index (κ2) is 8.61. The number of esters is 1. The van der Waals surface area contributed by atoms with Crippen molar-refractivity contribution < 1.29 is 24.0 Å². The lowest BCUT2D eigenvalue weighted by Crippen LogP contribution is -2.30. The van der Waals surface area contributed by atoms with Crippen molar-refractivity contribution in [2.24, 2.45) is 0 Å². The normalized spacial score (nSPS) is 11.4. The number of carbonyl (C=O) groups is 3. The Kier molecular flexibility index (Phi) is 6.47. The van der Waals surface area contributed by atoms with Gasteiger partial charge in [-0.05, 0) is 32.4 Å². The second-order valence-electron chi connectivity index (χ2n) is 5.98. The largest absolute Gasteiger partial charge is 0.449 e. The van der Waals surface area contributed by atoms with Crippen LogP contribution in [-0.4, -0.2) is 28.8 Å². The SMILES string of the molecule is CC(=O)Nc1sc(C)c(C)c1C(=O)O[C@H](C)C(=O)Nc1ccccc1[N+](=O)[O-]. The van der Waals surface area contributed by atoms with Crippen molar-refractivity contribution in [2.75, 3.05) is 10.6 Å². The number of nitrogens with one attached hydrogen (secondary N) is 2. The monoisotopic (exact) mass is 405 g/mol. The highest BCUT2D eigenvalue weighted by atomic mass is 32.1. The molecule has 0 saturated carbocycles. The van der Waals surface area contributed by atoms with Gasteiger partial charge >= 0.3 is 5.97 Å². The molecule has 0 unspecified atom stereocenters. The number of hydrogen-bond donors (Lipinski definition) is 2. The molecule has 0 spiro atoms. The summed E-state index contributed by atoms with van der Waals surface area (Å²) in [4.78, 5) is 47.5. The van der Waals surface area contributed by atoms with Crippen molar-refractivity contribution in [1.29, 1.82) is 0 Å². The van der Waals surface area contributed by atoms with E-state index >= 15 is 0 Å². The fourth-order valence-corrected chi connectivity index (χ4v) is 3.46. The molecule has 2 rings (SSSR count). The zero-order chi connectivity index (χ0) is 21.0. The van der Waals surface area contributed by atoms with Crippen LogP contribution < -0.4 is 10.6 Å². The number of anilines is 2. The molecule has 1 aromatic heterocycles. The Bertz CT molecular complexity index is 953. The maximum absolute atomic E-state index is 12.6. The number of rotatable bonds is 6. The molecule has 0 aliphatic carbocycles. The Morgan fingerprint density at radius 2 is 1.82 bits per heavy atom. The minimum atomic E-state index is -1.21. The van der Waals surface area contributed by atoms with E-state index in [2.05, 4.69) is 10.6 Å². The molecule has 0 aliphatic heterocycles. The fraction of sp³-hybridized carbons (Fsp3) is 0.278. The first kappa shape index (κ1) is 21.0. The summed E-state index contributed by atoms with van der Waals surface area (Å²) in [6.07, 6.45) is -1.21. The van der Waals surface area contributed by atoms with Crippen LogP contribution in [0.1, 0.15) is 34.6 Å². The number of benzene rings is 1. The first-order valence-electron chi connectivity index (χ1n) is 8.24. The van der Waals surface area contributed by atoms with E-state index in [0.29, 0.717) is 10.6 Å². The van der Waals surface area contributed by atoms with E-state index in [1.807, 2.05) is 0 Å². The first-order valence-corrected chi connectivity index (χ1v) is 9.06. The van der Waals surface area contributed by atoms with Crippen molar-refractivity contribution in [3.8, 4) is 0 Å². The van der Waals surface area contributed by atoms with Crippen molar-refractivity contribution >= 4 is 45.5 Å². The molecule has 1 aromatic carbocycles. The molecule has 2 N–H and O–H groups in total. The summed E-state index contributed by atoms with van der Waals surface area (Å²) in [6.45, 7) is 6.19. The molecule has 0 radical (unpaired) electrons. The predicted molar refractivity (Wildman–Crippen MR) is 105 cm³/mol. The average molecular weight is 405 g/mol. The molecule has 0 bridgehead atoms. The van der Waals surface area contributed by atoms with Gasteiger partial charge in [0.25, 0.3) is 11.6 Å². The van der Waals surface area contributed by atoms with Crippen LogP contribution >= 0.6 is 11.3 Å². The zero-order valence-corrected chi connectivity index (χ0v) is 16.5. The topological polar surface area (TPSA) is 128 Å². The molecule has 1 atom stereocenters. The Balaban J connectivity index is 2.16. The summed E-state index contributed by atoms with van der Waals surface area (Å²) in [5, 5.41) is 16.4. The van der Waals surface area contributed by atoms with Gasteiger partial charge in [-0.15, -0.1) is 11.3 Å². The summed E-state index contributed by atoms with van der Waals surface area (Å²) in [6, 6.07) is 5.65. The van der Waals surface area contributed by atoms with Gasteiger partial charge in [-0.1, -0.05) is 12.1 Å². The molecule has 148 valence electrons. The van der Waals surface area contributed by atoms with Crippen LogP contribution in [0.4, 0.5) is 16.4 Å². The van der Waals surface area contributed by atoms with E-state index in [0.717, 1.165) is 4.88 Å². The van der Waals surface area contributed by atoms with Crippen molar-refractivity contribution in [3.05, 3.63) is 50.4 Å². The van der Waals surface area contributed by atoms with Crippen LogP contribution in [0.3, 0.4) is 0 Å². The number of nitro groups is 1. The summed E-state index contributed by atoms with van der Waals surface area (Å²) in [7, 11) is 0. The van der Waals surface area contributed by atoms with Crippen molar-refractivity contribution in [1.82, 2.24) is 0 Å². The van der Waals surface area contributed by atoms with Crippen LogP contribution in [0.25, 0.3) is 0 Å². The number of nitro benzene ring substituents is 1. The first-order chi connectivity index (χ1) is 13.1. The van der Waals surface area contributed by atoms with E-state index in [4.69, 9.17) is 4.74 Å². The molecular formula is C18H19N3O6S. The average Bonchev–Trinajstić information content (AvgIpc) is 2.88. The summed E-state index contributed by atoms with van der Waals surface area (Å²) in [5.41, 5.74) is 0.557.